The quantitative estimate of drug-likeness (QED) is 0.152. The average molecular weight is 1210 g/mol. The summed E-state index contributed by atoms with van der Waals surface area (Å²) in [7, 11) is 5.97. The molecule has 4 heterocycles. The first-order valence-corrected chi connectivity index (χ1v) is 33.5. The third-order valence-electron chi connectivity index (χ3n) is 12.1. The van der Waals surface area contributed by atoms with Crippen LogP contribution in [0, 0.1) is 41.5 Å². The Hall–Kier alpha value is -6.85. The molecule has 496 valence electrons. The van der Waals surface area contributed by atoms with Crippen molar-refractivity contribution < 1.29 is 9.21 Å². The van der Waals surface area contributed by atoms with E-state index in [2.05, 4.69) is 179 Å². The van der Waals surface area contributed by atoms with E-state index in [9.17, 15) is 4.79 Å². The molecule has 0 bridgehead atoms. The highest BCUT2D eigenvalue weighted by Crippen LogP contribution is 2.24. The summed E-state index contributed by atoms with van der Waals surface area (Å²) in [6.45, 7) is 57.4. The number of aryl methyl sites for hydroxylation is 10. The number of carbonyl (C=O) groups is 1. The summed E-state index contributed by atoms with van der Waals surface area (Å²) in [4.78, 5) is 13.2. The summed E-state index contributed by atoms with van der Waals surface area (Å²) < 4.78 is 9.45. The molecule has 3 aliphatic rings. The minimum atomic E-state index is 0. The molecule has 12 rings (SSSR count). The molecule has 1 aliphatic heterocycles. The van der Waals surface area contributed by atoms with Gasteiger partial charge in [0.2, 0.25) is 0 Å². The zero-order valence-corrected chi connectivity index (χ0v) is 61.2. The van der Waals surface area contributed by atoms with Crippen LogP contribution in [0.5, 0.6) is 0 Å². The van der Waals surface area contributed by atoms with Crippen LogP contribution in [0.2, 0.25) is 0 Å². The molecule has 5 nitrogen and oxygen atoms in total. The van der Waals surface area contributed by atoms with Gasteiger partial charge in [0, 0.05) is 62.1 Å². The number of hydrogen-bond donors (Lipinski definition) is 0. The smallest absolute Gasteiger partial charge is 0.254 e. The van der Waals surface area contributed by atoms with Crippen LogP contribution in [-0.4, -0.2) is 27.0 Å². The molecule has 2 aliphatic carbocycles. The van der Waals surface area contributed by atoms with Crippen LogP contribution < -0.4 is 0 Å². The van der Waals surface area contributed by atoms with Gasteiger partial charge in [0.05, 0.1) is 6.26 Å². The molecule has 0 fully saturated rings. The lowest BCUT2D eigenvalue weighted by atomic mass is 10.1. The van der Waals surface area contributed by atoms with Crippen LogP contribution in [0.15, 0.2) is 157 Å². The number of nitrogens with zero attached hydrogens (tertiary/aromatic N) is 3. The Labute approximate surface area is 546 Å². The fourth-order valence-electron chi connectivity index (χ4n) is 8.54. The minimum Gasteiger partial charge on any atom is -0.464 e. The van der Waals surface area contributed by atoms with Crippen molar-refractivity contribution in [3.05, 3.63) is 219 Å². The molecule has 5 heteroatoms. The van der Waals surface area contributed by atoms with E-state index in [4.69, 9.17) is 4.42 Å². The number of rotatable bonds is 0. The number of aromatic nitrogens is 2. The summed E-state index contributed by atoms with van der Waals surface area (Å²) in [5, 5.41) is 3.82. The van der Waals surface area contributed by atoms with Crippen molar-refractivity contribution in [3.8, 4) is 0 Å². The molecule has 0 saturated carbocycles. The van der Waals surface area contributed by atoms with Gasteiger partial charge in [-0.1, -0.05) is 280 Å². The molecule has 1 amide bonds. The van der Waals surface area contributed by atoms with Gasteiger partial charge in [0.25, 0.3) is 5.91 Å². The van der Waals surface area contributed by atoms with E-state index < -0.39 is 0 Å². The van der Waals surface area contributed by atoms with Crippen LogP contribution in [-0.2, 0) is 39.9 Å². The summed E-state index contributed by atoms with van der Waals surface area (Å²) >= 11 is 0. The van der Waals surface area contributed by atoms with E-state index in [1.54, 1.807) is 22.3 Å². The van der Waals surface area contributed by atoms with Gasteiger partial charge in [0.1, 0.15) is 5.58 Å². The van der Waals surface area contributed by atoms with Gasteiger partial charge in [-0.2, -0.15) is 0 Å². The van der Waals surface area contributed by atoms with E-state index in [0.717, 1.165) is 29.7 Å². The number of fused-ring (bicyclic) bond motifs is 6. The number of benzene rings is 6. The molecular weight excluding hydrogens is 1070 g/mol. The predicted octanol–water partition coefficient (Wildman–Crippen LogP) is 26.9. The molecule has 0 spiro atoms. The zero-order valence-electron chi connectivity index (χ0n) is 61.2. The van der Waals surface area contributed by atoms with Gasteiger partial charge >= 0.3 is 0 Å². The third kappa shape index (κ3) is 34.1. The summed E-state index contributed by atoms with van der Waals surface area (Å²) in [5.41, 5.74) is 19.5. The van der Waals surface area contributed by atoms with E-state index in [1.807, 2.05) is 197 Å². The van der Waals surface area contributed by atoms with Gasteiger partial charge in [-0.25, -0.2) is 0 Å². The monoisotopic (exact) mass is 1210 g/mol. The fraction of sp³-hybridized carbons (Fsp3) is 0.458. The first-order valence-electron chi connectivity index (χ1n) is 33.5. The van der Waals surface area contributed by atoms with E-state index in [1.165, 1.54) is 91.0 Å². The number of hydrogen-bond acceptors (Lipinski definition) is 2. The predicted molar refractivity (Wildman–Crippen MR) is 409 cm³/mol. The minimum absolute atomic E-state index is 0. The van der Waals surface area contributed by atoms with Crippen molar-refractivity contribution in [3.63, 3.8) is 0 Å². The van der Waals surface area contributed by atoms with Crippen LogP contribution >= 0.6 is 0 Å². The maximum absolute atomic E-state index is 11.4. The average Bonchev–Trinajstić information content (AvgIpc) is 4.58. The molecule has 0 atom stereocenters. The van der Waals surface area contributed by atoms with Crippen molar-refractivity contribution in [1.29, 1.82) is 0 Å². The molecule has 0 N–H and O–H groups in total. The summed E-state index contributed by atoms with van der Waals surface area (Å²) in [5.74, 6) is 0.144. The molecule has 0 radical (unpaired) electrons. The summed E-state index contributed by atoms with van der Waals surface area (Å²) in [6, 6.07) is 44.8. The highest BCUT2D eigenvalue weighted by atomic mass is 16.3. The molecule has 88 heavy (non-hydrogen) atoms. The summed E-state index contributed by atoms with van der Waals surface area (Å²) in [6.07, 6.45) is 15.4. The third-order valence-corrected chi connectivity index (χ3v) is 12.1. The number of amides is 1. The van der Waals surface area contributed by atoms with Crippen molar-refractivity contribution >= 4 is 44.8 Å². The van der Waals surface area contributed by atoms with E-state index in [0.29, 0.717) is 0 Å². The van der Waals surface area contributed by atoms with E-state index >= 15 is 0 Å². The highest BCUT2D eigenvalue weighted by molar-refractivity contribution is 5.98. The van der Waals surface area contributed by atoms with Crippen LogP contribution in [0.1, 0.15) is 245 Å². The van der Waals surface area contributed by atoms with Gasteiger partial charge in [-0.3, -0.25) is 4.79 Å². The van der Waals surface area contributed by atoms with Crippen LogP contribution in [0.25, 0.3) is 38.9 Å². The van der Waals surface area contributed by atoms with Gasteiger partial charge in [-0.15, -0.1) is 0 Å². The maximum Gasteiger partial charge on any atom is 0.254 e. The molecule has 6 aromatic carbocycles. The fourth-order valence-corrected chi connectivity index (χ4v) is 8.54. The standard InChI is InChI=1S/C10H11NO.2C10H11N.C10H12.C10H10.C9H8O.11C2H6.2CH4/c1-7-3-4-9-8(5-7)6-11(2)10(9)12;1-8-3-4-10-9(7-8)5-6-11(10)2;1-8-3-4-9-5-6-11(2)10(9)7-8;2*1-8-5-6-9-3-2-4-10(9)7-8;1-7-2-3-9-8(6-7)4-5-10-9;11*1-2;;/h3-5H,6H2,1-2H3;2*3-7H,1-2H3;5-7H,2-4H2,1H3;2-3,5-7H,4H2,1H3;2-6H,1H3;11*1-2H3;2*1H4. The van der Waals surface area contributed by atoms with Crippen molar-refractivity contribution in [2.75, 3.05) is 7.05 Å². The van der Waals surface area contributed by atoms with Crippen molar-refractivity contribution in [1.82, 2.24) is 14.0 Å². The Morgan fingerprint density at radius 3 is 1.36 bits per heavy atom. The lowest BCUT2D eigenvalue weighted by Crippen LogP contribution is -2.17. The lowest BCUT2D eigenvalue weighted by Gasteiger charge is -2.04. The Morgan fingerprint density at radius 2 is 0.795 bits per heavy atom. The lowest BCUT2D eigenvalue weighted by molar-refractivity contribution is 0.0816. The van der Waals surface area contributed by atoms with Gasteiger partial charge in [-0.05, 0) is 166 Å². The Morgan fingerprint density at radius 1 is 0.375 bits per heavy atom. The second-order valence-corrected chi connectivity index (χ2v) is 17.7. The van der Waals surface area contributed by atoms with E-state index in [-0.39, 0.29) is 20.8 Å². The van der Waals surface area contributed by atoms with Crippen LogP contribution in [0.4, 0.5) is 0 Å². The highest BCUT2D eigenvalue weighted by Gasteiger charge is 2.23. The van der Waals surface area contributed by atoms with Gasteiger partial charge in [0.15, 0.2) is 0 Å². The Kier molecular flexibility index (Phi) is 65.1. The first kappa shape index (κ1) is 94.8. The van der Waals surface area contributed by atoms with Crippen molar-refractivity contribution in [2.45, 2.75) is 241 Å². The molecule has 9 aromatic rings. The normalized spacial score (nSPS) is 9.99. The molecule has 0 unspecified atom stereocenters. The maximum atomic E-state index is 11.4. The van der Waals surface area contributed by atoms with Gasteiger partial charge < -0.3 is 18.5 Å². The second-order valence-electron chi connectivity index (χ2n) is 17.7. The molecular formula is C83H137N3O2. The Balaban J connectivity index is -0.000000167. The topological polar surface area (TPSA) is 43.3 Å². The molecule has 0 saturated heterocycles. The second kappa shape index (κ2) is 60.4. The van der Waals surface area contributed by atoms with Crippen LogP contribution in [0.3, 0.4) is 0 Å². The largest absolute Gasteiger partial charge is 0.464 e. The SMILES string of the molecule is C.C.CC.CC.CC.CC.CC.CC.CC.CC.CC.CC.CC.Cc1ccc2c(c1)CC=C2.Cc1ccc2c(c1)CCC2.Cc1ccc2c(c1)CN(C)C2=O.Cc1ccc2c(ccn2C)c1.Cc1ccc2ccn(C)c2c1.Cc1ccc2occc2c1. The number of carbonyl (C=O) groups excluding carboxylic acids is 1. The Bertz CT molecular complexity index is 3060. The first-order chi connectivity index (χ1) is 41.8. The zero-order chi connectivity index (χ0) is 67.3. The van der Waals surface area contributed by atoms with Crippen molar-refractivity contribution in [2.24, 2.45) is 14.1 Å². The number of allylic oxidation sites excluding steroid dienone is 1. The number of furan rings is 1. The molecule has 3 aromatic heterocycles.